The van der Waals surface area contributed by atoms with E-state index < -0.39 is 0 Å². The Morgan fingerprint density at radius 3 is 3.06 bits per heavy atom. The van der Waals surface area contributed by atoms with E-state index >= 15 is 0 Å². The van der Waals surface area contributed by atoms with E-state index in [2.05, 4.69) is 27.4 Å². The fourth-order valence-electron chi connectivity index (χ4n) is 2.34. The van der Waals surface area contributed by atoms with Crippen molar-refractivity contribution in [2.24, 2.45) is 0 Å². The molecule has 0 bridgehead atoms. The van der Waals surface area contributed by atoms with Gasteiger partial charge in [0.25, 0.3) is 0 Å². The summed E-state index contributed by atoms with van der Waals surface area (Å²) in [6.07, 6.45) is 7.26. The summed E-state index contributed by atoms with van der Waals surface area (Å²) in [7, 11) is 0. The van der Waals surface area contributed by atoms with Gasteiger partial charge in [0.1, 0.15) is 5.82 Å². The lowest BCUT2D eigenvalue weighted by Crippen LogP contribution is -2.08. The van der Waals surface area contributed by atoms with Crippen LogP contribution in [0.15, 0.2) is 36.8 Å². The maximum Gasteiger partial charge on any atom is 0.144 e. The Morgan fingerprint density at radius 2 is 2.24 bits per heavy atom. The molecule has 3 N–H and O–H groups in total. The van der Waals surface area contributed by atoms with Crippen molar-refractivity contribution < 1.29 is 0 Å². The first-order chi connectivity index (χ1) is 8.33. The first-order valence-corrected chi connectivity index (χ1v) is 5.74. The van der Waals surface area contributed by atoms with E-state index in [1.54, 1.807) is 18.6 Å². The van der Waals surface area contributed by atoms with Crippen LogP contribution in [0.25, 0.3) is 0 Å². The van der Waals surface area contributed by atoms with E-state index in [-0.39, 0.29) is 0 Å². The van der Waals surface area contributed by atoms with Gasteiger partial charge in [0.2, 0.25) is 0 Å². The Kier molecular flexibility index (Phi) is 2.40. The molecule has 4 heteroatoms. The Balaban J connectivity index is 1.85. The van der Waals surface area contributed by atoms with Crippen LogP contribution in [0.3, 0.4) is 0 Å². The monoisotopic (exact) mass is 226 g/mol. The van der Waals surface area contributed by atoms with Crippen LogP contribution in [0.4, 0.5) is 11.5 Å². The van der Waals surface area contributed by atoms with E-state index in [0.29, 0.717) is 6.04 Å². The highest BCUT2D eigenvalue weighted by molar-refractivity contribution is 5.50. The van der Waals surface area contributed by atoms with Crippen molar-refractivity contribution in [1.82, 2.24) is 9.97 Å². The summed E-state index contributed by atoms with van der Waals surface area (Å²) in [5.41, 5.74) is 9.29. The maximum absolute atomic E-state index is 5.79. The van der Waals surface area contributed by atoms with Crippen molar-refractivity contribution in [2.75, 3.05) is 11.1 Å². The zero-order chi connectivity index (χ0) is 11.7. The first kappa shape index (κ1) is 10.1. The number of hydrogen-bond acceptors (Lipinski definition) is 4. The third kappa shape index (κ3) is 1.93. The SMILES string of the molecule is Nc1ccc2c(c1)CCC2Nc1cnccn1. The lowest BCUT2D eigenvalue weighted by atomic mass is 10.1. The molecule has 86 valence electrons. The molecule has 1 aliphatic rings. The van der Waals surface area contributed by atoms with E-state index in [9.17, 15) is 0 Å². The number of nitrogen functional groups attached to an aromatic ring is 1. The molecular formula is C13H14N4. The van der Waals surface area contributed by atoms with Crippen LogP contribution < -0.4 is 11.1 Å². The van der Waals surface area contributed by atoms with Crippen molar-refractivity contribution in [3.05, 3.63) is 47.9 Å². The smallest absolute Gasteiger partial charge is 0.144 e. The van der Waals surface area contributed by atoms with Crippen LogP contribution in [-0.2, 0) is 6.42 Å². The topological polar surface area (TPSA) is 63.8 Å². The molecule has 0 saturated heterocycles. The highest BCUT2D eigenvalue weighted by atomic mass is 15.0. The summed E-state index contributed by atoms with van der Waals surface area (Å²) < 4.78 is 0. The molecule has 0 radical (unpaired) electrons. The Morgan fingerprint density at radius 1 is 1.29 bits per heavy atom. The van der Waals surface area contributed by atoms with Crippen LogP contribution in [0.1, 0.15) is 23.6 Å². The zero-order valence-electron chi connectivity index (χ0n) is 9.43. The second-order valence-corrected chi connectivity index (χ2v) is 4.28. The summed E-state index contributed by atoms with van der Waals surface area (Å²) in [5, 5.41) is 3.40. The van der Waals surface area contributed by atoms with Crippen molar-refractivity contribution >= 4 is 11.5 Å². The second kappa shape index (κ2) is 4.05. The molecule has 1 heterocycles. The summed E-state index contributed by atoms with van der Waals surface area (Å²) in [4.78, 5) is 8.29. The molecule has 17 heavy (non-hydrogen) atoms. The van der Waals surface area contributed by atoms with Crippen molar-refractivity contribution in [1.29, 1.82) is 0 Å². The lowest BCUT2D eigenvalue weighted by molar-refractivity contribution is 0.756. The second-order valence-electron chi connectivity index (χ2n) is 4.28. The lowest BCUT2D eigenvalue weighted by Gasteiger charge is -2.14. The molecule has 1 unspecified atom stereocenters. The van der Waals surface area contributed by atoms with E-state index in [0.717, 1.165) is 24.3 Å². The normalized spacial score (nSPS) is 17.8. The standard InChI is InChI=1S/C13H14N4/c14-10-2-3-11-9(7-10)1-4-12(11)17-13-8-15-5-6-16-13/h2-3,5-8,12H,1,4,14H2,(H,16,17). The molecule has 0 aliphatic heterocycles. The van der Waals surface area contributed by atoms with Gasteiger partial charge in [-0.25, -0.2) is 4.98 Å². The van der Waals surface area contributed by atoms with Gasteiger partial charge in [-0.1, -0.05) is 6.07 Å². The van der Waals surface area contributed by atoms with Crippen molar-refractivity contribution in [3.63, 3.8) is 0 Å². The summed E-state index contributed by atoms with van der Waals surface area (Å²) in [6, 6.07) is 6.44. The molecule has 1 aliphatic carbocycles. The van der Waals surface area contributed by atoms with Gasteiger partial charge >= 0.3 is 0 Å². The van der Waals surface area contributed by atoms with Crippen LogP contribution in [-0.4, -0.2) is 9.97 Å². The number of hydrogen-bond donors (Lipinski definition) is 2. The zero-order valence-corrected chi connectivity index (χ0v) is 9.43. The number of fused-ring (bicyclic) bond motifs is 1. The molecular weight excluding hydrogens is 212 g/mol. The minimum Gasteiger partial charge on any atom is -0.399 e. The Hall–Kier alpha value is -2.10. The summed E-state index contributed by atoms with van der Waals surface area (Å²) in [5.74, 6) is 0.821. The highest BCUT2D eigenvalue weighted by Gasteiger charge is 2.22. The van der Waals surface area contributed by atoms with Crippen molar-refractivity contribution in [3.8, 4) is 0 Å². The van der Waals surface area contributed by atoms with Gasteiger partial charge in [-0.3, -0.25) is 4.98 Å². The molecule has 4 nitrogen and oxygen atoms in total. The number of nitrogens with zero attached hydrogens (tertiary/aromatic N) is 2. The number of nitrogens with two attached hydrogens (primary N) is 1. The largest absolute Gasteiger partial charge is 0.399 e. The molecule has 0 saturated carbocycles. The summed E-state index contributed by atoms with van der Waals surface area (Å²) in [6.45, 7) is 0. The minimum absolute atomic E-state index is 0.322. The molecule has 0 spiro atoms. The van der Waals surface area contributed by atoms with Crippen LogP contribution in [0.2, 0.25) is 0 Å². The minimum atomic E-state index is 0.322. The van der Waals surface area contributed by atoms with Crippen LogP contribution in [0, 0.1) is 0 Å². The third-order valence-electron chi connectivity index (χ3n) is 3.13. The number of aryl methyl sites for hydroxylation is 1. The fraction of sp³-hybridized carbons (Fsp3) is 0.231. The average Bonchev–Trinajstić information content (AvgIpc) is 2.73. The predicted octanol–water partition coefficient (Wildman–Crippen LogP) is 2.16. The molecule has 0 amide bonds. The maximum atomic E-state index is 5.79. The van der Waals surface area contributed by atoms with Gasteiger partial charge in [0.15, 0.2) is 0 Å². The number of benzene rings is 1. The average molecular weight is 226 g/mol. The third-order valence-corrected chi connectivity index (χ3v) is 3.13. The van der Waals surface area contributed by atoms with Crippen LogP contribution in [0.5, 0.6) is 0 Å². The predicted molar refractivity (Wildman–Crippen MR) is 67.6 cm³/mol. The van der Waals surface area contributed by atoms with Gasteiger partial charge in [-0.05, 0) is 36.1 Å². The number of anilines is 2. The van der Waals surface area contributed by atoms with E-state index in [1.807, 2.05) is 6.07 Å². The number of rotatable bonds is 2. The molecule has 1 atom stereocenters. The summed E-state index contributed by atoms with van der Waals surface area (Å²) >= 11 is 0. The molecule has 1 aromatic carbocycles. The Bertz CT molecular complexity index is 524. The quantitative estimate of drug-likeness (QED) is 0.770. The first-order valence-electron chi connectivity index (χ1n) is 5.74. The van der Waals surface area contributed by atoms with Gasteiger partial charge in [-0.2, -0.15) is 0 Å². The van der Waals surface area contributed by atoms with Gasteiger partial charge in [0.05, 0.1) is 12.2 Å². The molecule has 1 aromatic heterocycles. The molecule has 2 aromatic rings. The van der Waals surface area contributed by atoms with E-state index in [4.69, 9.17) is 5.73 Å². The van der Waals surface area contributed by atoms with Gasteiger partial charge in [0, 0.05) is 18.1 Å². The fourth-order valence-corrected chi connectivity index (χ4v) is 2.34. The Labute approximate surface area is 99.9 Å². The number of nitrogens with one attached hydrogen (secondary N) is 1. The van der Waals surface area contributed by atoms with E-state index in [1.165, 1.54) is 11.1 Å². The molecule has 3 rings (SSSR count). The highest BCUT2D eigenvalue weighted by Crippen LogP contribution is 2.34. The molecule has 0 fully saturated rings. The van der Waals surface area contributed by atoms with Crippen LogP contribution >= 0.6 is 0 Å². The van der Waals surface area contributed by atoms with Gasteiger partial charge in [-0.15, -0.1) is 0 Å². The van der Waals surface area contributed by atoms with Gasteiger partial charge < -0.3 is 11.1 Å². The van der Waals surface area contributed by atoms with Crippen molar-refractivity contribution in [2.45, 2.75) is 18.9 Å². The number of aromatic nitrogens is 2.